The minimum atomic E-state index is -4.19. The highest BCUT2D eigenvalue weighted by Gasteiger charge is 2.70. The van der Waals surface area contributed by atoms with E-state index in [1.54, 1.807) is 36.4 Å². The summed E-state index contributed by atoms with van der Waals surface area (Å²) in [6.07, 6.45) is 4.09. The predicted octanol–water partition coefficient (Wildman–Crippen LogP) is 4.08. The summed E-state index contributed by atoms with van der Waals surface area (Å²) in [5.74, 6) is 1.24. The Morgan fingerprint density at radius 3 is 2.42 bits per heavy atom. The van der Waals surface area contributed by atoms with Gasteiger partial charge in [0.25, 0.3) is 0 Å². The molecule has 2 N–H and O–H groups in total. The number of likely N-dealkylation sites (tertiary alicyclic amines) is 1. The summed E-state index contributed by atoms with van der Waals surface area (Å²) in [5, 5.41) is 12.8. The Kier molecular flexibility index (Phi) is 6.47. The van der Waals surface area contributed by atoms with Gasteiger partial charge in [-0.25, -0.2) is 5.48 Å². The Hall–Kier alpha value is -3.42. The van der Waals surface area contributed by atoms with Crippen LogP contribution in [0, 0.1) is 12.8 Å². The molecule has 3 aliphatic carbocycles. The van der Waals surface area contributed by atoms with Crippen LogP contribution in [-0.2, 0) is 36.4 Å². The molecule has 236 valence electrons. The lowest BCUT2D eigenvalue weighted by atomic mass is 9.51. The Balaban J connectivity index is 1.22. The Morgan fingerprint density at radius 1 is 0.956 bits per heavy atom. The minimum absolute atomic E-state index is 0.00232. The smallest absolute Gasteiger partial charge is 0.339 e. The van der Waals surface area contributed by atoms with Gasteiger partial charge in [-0.3, -0.25) is 4.90 Å². The van der Waals surface area contributed by atoms with Crippen LogP contribution < -0.4 is 14.4 Å². The van der Waals surface area contributed by atoms with E-state index in [-0.39, 0.29) is 33.8 Å². The van der Waals surface area contributed by atoms with Crippen LogP contribution in [-0.4, -0.2) is 51.6 Å². The molecule has 0 amide bonds. The molecule has 0 unspecified atom stereocenters. The number of ether oxygens (including phenoxy) is 1. The van der Waals surface area contributed by atoms with Crippen molar-refractivity contribution in [1.29, 1.82) is 0 Å². The number of hydroxylamine groups is 1. The molecule has 2 fully saturated rings. The summed E-state index contributed by atoms with van der Waals surface area (Å²) in [6.45, 7) is 3.49. The summed E-state index contributed by atoms with van der Waals surface area (Å²) < 4.78 is 70.4. The number of allylic oxidation sites excluding steroid dienone is 1. The first-order valence-electron chi connectivity index (χ1n) is 15.3. The molecular formula is C33H34N2O8S2. The van der Waals surface area contributed by atoms with Crippen molar-refractivity contribution in [3.63, 3.8) is 0 Å². The number of nitrogens with one attached hydrogen (secondary N) is 1. The molecule has 2 bridgehead atoms. The normalized spacial score (nSPS) is 27.1. The zero-order chi connectivity index (χ0) is 31.2. The number of piperidine rings is 1. The molecule has 1 saturated carbocycles. The Morgan fingerprint density at radius 2 is 1.69 bits per heavy atom. The second kappa shape index (κ2) is 10.0. The van der Waals surface area contributed by atoms with Gasteiger partial charge in [0.05, 0.1) is 21.6 Å². The molecule has 10 nitrogen and oxygen atoms in total. The van der Waals surface area contributed by atoms with Crippen LogP contribution in [0.15, 0.2) is 88.0 Å². The van der Waals surface area contributed by atoms with Crippen molar-refractivity contribution in [3.8, 4) is 11.5 Å². The molecule has 8 rings (SSSR count). The topological polar surface area (TPSA) is 131 Å². The second-order valence-electron chi connectivity index (χ2n) is 12.9. The lowest BCUT2D eigenvalue weighted by molar-refractivity contribution is -0.148. The van der Waals surface area contributed by atoms with Gasteiger partial charge in [-0.1, -0.05) is 42.0 Å². The monoisotopic (exact) mass is 650 g/mol. The first-order valence-corrected chi connectivity index (χ1v) is 18.1. The van der Waals surface area contributed by atoms with E-state index in [2.05, 4.69) is 10.4 Å². The fourth-order valence-corrected chi connectivity index (χ4v) is 9.56. The van der Waals surface area contributed by atoms with Gasteiger partial charge in [0.2, 0.25) is 0 Å². The van der Waals surface area contributed by atoms with Crippen molar-refractivity contribution in [2.75, 3.05) is 13.1 Å². The standard InChI is InChI=1S/C33H34N2O8S2/c1-21-7-12-25(13-8-21)45(39,40)43-34-26-15-16-33(36)28-19-23-11-14-27(42-44(37,38)24-5-3-2-4-6-24)30-29(23)32(33,31(26)41-30)17-18-35(28)20-22-9-10-22/h2-8,11-14,22,28,34,36H,9-10,15-20H2,1H3/t28-,32+,33-/m1/s1. The van der Waals surface area contributed by atoms with Crippen LogP contribution in [0.2, 0.25) is 0 Å². The van der Waals surface area contributed by atoms with Gasteiger partial charge >= 0.3 is 20.2 Å². The van der Waals surface area contributed by atoms with Gasteiger partial charge in [0.15, 0.2) is 11.5 Å². The van der Waals surface area contributed by atoms with E-state index < -0.39 is 31.3 Å². The van der Waals surface area contributed by atoms with Gasteiger partial charge in [-0.15, -0.1) is 4.28 Å². The third-order valence-corrected chi connectivity index (χ3v) is 12.6. The number of aliphatic hydroxyl groups is 1. The molecule has 1 spiro atoms. The molecule has 3 atom stereocenters. The molecule has 45 heavy (non-hydrogen) atoms. The molecule has 2 heterocycles. The Bertz CT molecular complexity index is 1940. The lowest BCUT2D eigenvalue weighted by Gasteiger charge is -2.61. The molecule has 3 aromatic rings. The number of nitrogens with zero attached hydrogens (tertiary/aromatic N) is 1. The largest absolute Gasteiger partial charge is 0.454 e. The summed E-state index contributed by atoms with van der Waals surface area (Å²) in [6, 6.07) is 17.5. The van der Waals surface area contributed by atoms with Crippen molar-refractivity contribution >= 4 is 20.2 Å². The van der Waals surface area contributed by atoms with E-state index in [1.165, 1.54) is 37.1 Å². The molecule has 0 radical (unpaired) electrons. The van der Waals surface area contributed by atoms with Crippen LogP contribution in [0.1, 0.15) is 48.8 Å². The number of hydrogen-bond donors (Lipinski definition) is 2. The van der Waals surface area contributed by atoms with E-state index in [4.69, 9.17) is 13.2 Å². The quantitative estimate of drug-likeness (QED) is 0.258. The number of rotatable bonds is 9. The minimum Gasteiger partial charge on any atom is -0.454 e. The van der Waals surface area contributed by atoms with E-state index in [9.17, 15) is 21.9 Å². The van der Waals surface area contributed by atoms with Crippen molar-refractivity contribution in [1.82, 2.24) is 10.4 Å². The van der Waals surface area contributed by atoms with E-state index in [0.717, 1.165) is 17.7 Å². The fraction of sp³-hybridized carbons (Fsp3) is 0.394. The highest BCUT2D eigenvalue weighted by molar-refractivity contribution is 7.87. The first kappa shape index (κ1) is 29.0. The maximum atomic E-state index is 13.3. The summed E-state index contributed by atoms with van der Waals surface area (Å²) in [5.41, 5.74) is 3.40. The summed E-state index contributed by atoms with van der Waals surface area (Å²) in [4.78, 5) is 2.41. The van der Waals surface area contributed by atoms with Gasteiger partial charge in [-0.05, 0) is 93.8 Å². The molecule has 1 saturated heterocycles. The van der Waals surface area contributed by atoms with Crippen molar-refractivity contribution < 1.29 is 35.1 Å². The van der Waals surface area contributed by atoms with Crippen LogP contribution in [0.4, 0.5) is 0 Å². The number of benzene rings is 3. The highest BCUT2D eigenvalue weighted by atomic mass is 32.2. The molecule has 3 aromatic carbocycles. The van der Waals surface area contributed by atoms with Gasteiger partial charge in [0, 0.05) is 18.2 Å². The molecule has 2 aliphatic heterocycles. The maximum Gasteiger partial charge on any atom is 0.339 e. The average molecular weight is 651 g/mol. The summed E-state index contributed by atoms with van der Waals surface area (Å²) >= 11 is 0. The number of hydrogen-bond acceptors (Lipinski definition) is 10. The zero-order valence-electron chi connectivity index (χ0n) is 24.7. The molecular weight excluding hydrogens is 617 g/mol. The third kappa shape index (κ3) is 4.44. The summed E-state index contributed by atoms with van der Waals surface area (Å²) in [7, 11) is -8.37. The maximum absolute atomic E-state index is 13.3. The van der Waals surface area contributed by atoms with Crippen LogP contribution in [0.5, 0.6) is 11.5 Å². The average Bonchev–Trinajstić information content (AvgIpc) is 3.76. The first-order chi connectivity index (χ1) is 21.5. The van der Waals surface area contributed by atoms with E-state index >= 15 is 0 Å². The molecule has 5 aliphatic rings. The third-order valence-electron chi connectivity index (χ3n) is 10.2. The molecule has 12 heteroatoms. The van der Waals surface area contributed by atoms with E-state index in [1.807, 2.05) is 13.0 Å². The van der Waals surface area contributed by atoms with Crippen molar-refractivity contribution in [2.24, 2.45) is 5.92 Å². The van der Waals surface area contributed by atoms with Gasteiger partial charge in [0.1, 0.15) is 10.7 Å². The predicted molar refractivity (Wildman–Crippen MR) is 163 cm³/mol. The van der Waals surface area contributed by atoms with Crippen LogP contribution in [0.3, 0.4) is 0 Å². The number of aryl methyl sites for hydroxylation is 1. The fourth-order valence-electron chi connectivity index (χ4n) is 7.83. The second-order valence-corrected chi connectivity index (χ2v) is 16.0. The SMILES string of the molecule is Cc1ccc(S(=O)(=O)ONC2=C3Oc4c(OS(=O)(=O)c5ccccc5)ccc5c4[C@@]34CCN(CC3CC3)[C@H](C5)[C@]4(O)CC2)cc1. The van der Waals surface area contributed by atoms with E-state index in [0.29, 0.717) is 48.7 Å². The lowest BCUT2D eigenvalue weighted by Crippen LogP contribution is -2.72. The Labute approximate surface area is 262 Å². The highest BCUT2D eigenvalue weighted by Crippen LogP contribution is 2.67. The van der Waals surface area contributed by atoms with Gasteiger partial charge < -0.3 is 14.0 Å². The van der Waals surface area contributed by atoms with Crippen LogP contribution in [0.25, 0.3) is 0 Å². The molecule has 0 aromatic heterocycles. The van der Waals surface area contributed by atoms with Crippen molar-refractivity contribution in [3.05, 3.63) is 94.9 Å². The zero-order valence-corrected chi connectivity index (χ0v) is 26.4. The van der Waals surface area contributed by atoms with Gasteiger partial charge in [-0.2, -0.15) is 16.8 Å². The van der Waals surface area contributed by atoms with Crippen LogP contribution >= 0.6 is 0 Å². The van der Waals surface area contributed by atoms with Crippen molar-refractivity contribution in [2.45, 2.75) is 72.3 Å².